The van der Waals surface area contributed by atoms with E-state index in [2.05, 4.69) is 50.0 Å². The van der Waals surface area contributed by atoms with Crippen LogP contribution in [0.1, 0.15) is 27.2 Å². The van der Waals surface area contributed by atoms with Crippen molar-refractivity contribution in [3.63, 3.8) is 0 Å². The number of hydrogen-bond acceptors (Lipinski definition) is 3. The molecule has 1 aliphatic heterocycles. The van der Waals surface area contributed by atoms with Gasteiger partial charge in [-0.15, -0.1) is 0 Å². The lowest BCUT2D eigenvalue weighted by molar-refractivity contribution is 0.175. The second kappa shape index (κ2) is 4.69. The second-order valence-corrected chi connectivity index (χ2v) is 4.34. The number of rotatable bonds is 4. The van der Waals surface area contributed by atoms with Crippen molar-refractivity contribution in [2.24, 2.45) is 11.7 Å². The largest absolute Gasteiger partial charge is 0.359 e. The molecule has 1 heterocycles. The molecule has 1 rings (SSSR count). The van der Waals surface area contributed by atoms with E-state index in [0.29, 0.717) is 12.1 Å². The summed E-state index contributed by atoms with van der Waals surface area (Å²) in [5.41, 5.74) is 6.12. The lowest BCUT2D eigenvalue weighted by atomic mass is 10.00. The van der Waals surface area contributed by atoms with Crippen molar-refractivity contribution in [1.82, 2.24) is 9.80 Å². The highest BCUT2D eigenvalue weighted by Gasteiger charge is 2.22. The maximum Gasteiger partial charge on any atom is 0.0975 e. The van der Waals surface area contributed by atoms with Crippen molar-refractivity contribution in [2.75, 3.05) is 13.6 Å². The minimum Gasteiger partial charge on any atom is -0.359 e. The van der Waals surface area contributed by atoms with Crippen LogP contribution in [-0.2, 0) is 0 Å². The Bertz CT molecular complexity index is 203. The minimum atomic E-state index is 0.276. The van der Waals surface area contributed by atoms with Crippen molar-refractivity contribution in [3.8, 4) is 0 Å². The first-order chi connectivity index (χ1) is 6.56. The Morgan fingerprint density at radius 3 is 2.50 bits per heavy atom. The molecule has 0 radical (unpaired) electrons. The Hall–Kier alpha value is -0.700. The first-order valence-electron chi connectivity index (χ1n) is 5.47. The molecule has 0 saturated heterocycles. The standard InChI is InChI=1S/C11H23N3/c1-5-9(2)11(12)8-14-7-6-13(4)10(14)3/h6-7,9-11H,5,8,12H2,1-4H3. The van der Waals surface area contributed by atoms with Gasteiger partial charge in [-0.25, -0.2) is 0 Å². The molecule has 1 aliphatic rings. The number of nitrogens with zero attached hydrogens (tertiary/aromatic N) is 2. The highest BCUT2D eigenvalue weighted by atomic mass is 15.4. The van der Waals surface area contributed by atoms with Gasteiger partial charge in [0.25, 0.3) is 0 Å². The zero-order valence-electron chi connectivity index (χ0n) is 9.77. The van der Waals surface area contributed by atoms with Crippen LogP contribution in [0.15, 0.2) is 12.4 Å². The van der Waals surface area contributed by atoms with Crippen molar-refractivity contribution in [1.29, 1.82) is 0 Å². The molecule has 82 valence electrons. The first-order valence-corrected chi connectivity index (χ1v) is 5.47. The highest BCUT2D eigenvalue weighted by Crippen LogP contribution is 2.15. The molecule has 3 atom stereocenters. The van der Waals surface area contributed by atoms with Gasteiger partial charge in [-0.2, -0.15) is 0 Å². The van der Waals surface area contributed by atoms with Crippen LogP contribution in [-0.4, -0.2) is 35.6 Å². The molecule has 3 heteroatoms. The molecule has 0 aromatic heterocycles. The van der Waals surface area contributed by atoms with Gasteiger partial charge in [0.2, 0.25) is 0 Å². The maximum absolute atomic E-state index is 6.12. The lowest BCUT2D eigenvalue weighted by Gasteiger charge is -2.31. The van der Waals surface area contributed by atoms with Crippen LogP contribution in [0, 0.1) is 5.92 Å². The Morgan fingerprint density at radius 1 is 1.43 bits per heavy atom. The normalized spacial score (nSPS) is 25.6. The molecular weight excluding hydrogens is 174 g/mol. The Balaban J connectivity index is 2.41. The van der Waals surface area contributed by atoms with Gasteiger partial charge in [0.15, 0.2) is 0 Å². The predicted octanol–water partition coefficient (Wildman–Crippen LogP) is 1.42. The Kier molecular flexibility index (Phi) is 3.81. The molecule has 0 spiro atoms. The SMILES string of the molecule is CCC(C)C(N)CN1C=CN(C)C1C. The Labute approximate surface area is 87.6 Å². The highest BCUT2D eigenvalue weighted by molar-refractivity contribution is 4.95. The molecule has 0 bridgehead atoms. The predicted molar refractivity (Wildman–Crippen MR) is 60.5 cm³/mol. The summed E-state index contributed by atoms with van der Waals surface area (Å²) < 4.78 is 0. The third-order valence-corrected chi connectivity index (χ3v) is 3.36. The van der Waals surface area contributed by atoms with Crippen LogP contribution in [0.4, 0.5) is 0 Å². The molecule has 3 unspecified atom stereocenters. The maximum atomic E-state index is 6.12. The van der Waals surface area contributed by atoms with E-state index in [0.717, 1.165) is 13.0 Å². The monoisotopic (exact) mass is 197 g/mol. The van der Waals surface area contributed by atoms with Gasteiger partial charge < -0.3 is 15.5 Å². The van der Waals surface area contributed by atoms with E-state index in [4.69, 9.17) is 5.73 Å². The summed E-state index contributed by atoms with van der Waals surface area (Å²) >= 11 is 0. The topological polar surface area (TPSA) is 32.5 Å². The van der Waals surface area contributed by atoms with Crippen LogP contribution in [0.5, 0.6) is 0 Å². The van der Waals surface area contributed by atoms with Gasteiger partial charge in [0.05, 0.1) is 6.17 Å². The lowest BCUT2D eigenvalue weighted by Crippen LogP contribution is -2.43. The summed E-state index contributed by atoms with van der Waals surface area (Å²) in [6.07, 6.45) is 5.84. The van der Waals surface area contributed by atoms with E-state index in [-0.39, 0.29) is 6.04 Å². The van der Waals surface area contributed by atoms with Crippen LogP contribution >= 0.6 is 0 Å². The summed E-state index contributed by atoms with van der Waals surface area (Å²) in [7, 11) is 2.09. The molecule has 3 nitrogen and oxygen atoms in total. The Morgan fingerprint density at radius 2 is 2.07 bits per heavy atom. The average Bonchev–Trinajstić information content (AvgIpc) is 2.48. The second-order valence-electron chi connectivity index (χ2n) is 4.34. The summed E-state index contributed by atoms with van der Waals surface area (Å²) in [6, 6.07) is 0.276. The van der Waals surface area contributed by atoms with E-state index >= 15 is 0 Å². The van der Waals surface area contributed by atoms with Crippen LogP contribution in [0.25, 0.3) is 0 Å². The van der Waals surface area contributed by atoms with E-state index in [1.54, 1.807) is 0 Å². The van der Waals surface area contributed by atoms with Crippen LogP contribution < -0.4 is 5.73 Å². The fraction of sp³-hybridized carbons (Fsp3) is 0.818. The third-order valence-electron chi connectivity index (χ3n) is 3.36. The average molecular weight is 197 g/mol. The van der Waals surface area contributed by atoms with Gasteiger partial charge in [0, 0.05) is 32.0 Å². The van der Waals surface area contributed by atoms with E-state index < -0.39 is 0 Å². The molecule has 0 fully saturated rings. The number of hydrogen-bond donors (Lipinski definition) is 1. The van der Waals surface area contributed by atoms with Gasteiger partial charge in [-0.3, -0.25) is 0 Å². The van der Waals surface area contributed by atoms with Gasteiger partial charge in [-0.05, 0) is 12.8 Å². The molecule has 2 N–H and O–H groups in total. The fourth-order valence-corrected chi connectivity index (χ4v) is 1.61. The van der Waals surface area contributed by atoms with E-state index in [9.17, 15) is 0 Å². The van der Waals surface area contributed by atoms with Crippen LogP contribution in [0.2, 0.25) is 0 Å². The van der Waals surface area contributed by atoms with Gasteiger partial charge in [-0.1, -0.05) is 20.3 Å². The zero-order chi connectivity index (χ0) is 10.7. The number of nitrogens with two attached hydrogens (primary N) is 1. The van der Waals surface area contributed by atoms with Crippen molar-refractivity contribution in [3.05, 3.63) is 12.4 Å². The quantitative estimate of drug-likeness (QED) is 0.740. The minimum absolute atomic E-state index is 0.276. The molecule has 0 aliphatic carbocycles. The van der Waals surface area contributed by atoms with Gasteiger partial charge >= 0.3 is 0 Å². The van der Waals surface area contributed by atoms with Crippen molar-refractivity contribution in [2.45, 2.75) is 39.4 Å². The van der Waals surface area contributed by atoms with E-state index in [1.807, 2.05) is 0 Å². The van der Waals surface area contributed by atoms with E-state index in [1.165, 1.54) is 0 Å². The van der Waals surface area contributed by atoms with Gasteiger partial charge in [0.1, 0.15) is 0 Å². The fourth-order valence-electron chi connectivity index (χ4n) is 1.61. The summed E-state index contributed by atoms with van der Waals surface area (Å²) in [6.45, 7) is 7.57. The molecular formula is C11H23N3. The van der Waals surface area contributed by atoms with Crippen molar-refractivity contribution >= 4 is 0 Å². The molecule has 0 aromatic rings. The summed E-state index contributed by atoms with van der Waals surface area (Å²) in [5.74, 6) is 0.599. The zero-order valence-corrected chi connectivity index (χ0v) is 9.77. The third kappa shape index (κ3) is 2.41. The molecule has 0 aromatic carbocycles. The molecule has 0 saturated carbocycles. The summed E-state index contributed by atoms with van der Waals surface area (Å²) in [5, 5.41) is 0. The molecule has 14 heavy (non-hydrogen) atoms. The first kappa shape index (κ1) is 11.4. The summed E-state index contributed by atoms with van der Waals surface area (Å²) in [4.78, 5) is 4.50. The van der Waals surface area contributed by atoms with Crippen LogP contribution in [0.3, 0.4) is 0 Å². The smallest absolute Gasteiger partial charge is 0.0975 e. The van der Waals surface area contributed by atoms with Crippen molar-refractivity contribution < 1.29 is 0 Å². The molecule has 0 amide bonds.